The number of amides is 1. The van der Waals surface area contributed by atoms with Crippen LogP contribution in [0.2, 0.25) is 0 Å². The largest absolute Gasteiger partial charge is 0.355 e. The van der Waals surface area contributed by atoms with E-state index < -0.39 is 10.0 Å². The molecule has 1 atom stereocenters. The van der Waals surface area contributed by atoms with Gasteiger partial charge in [0.15, 0.2) is 0 Å². The SMILES string of the molecule is CCCCNC(=O)C(C)N1CCN(S(=O)(=O)Cc2ccccc2)CC1. The summed E-state index contributed by atoms with van der Waals surface area (Å²) in [6.45, 7) is 6.70. The van der Waals surface area contributed by atoms with Crippen molar-refractivity contribution in [3.05, 3.63) is 35.9 Å². The molecule has 6 nitrogen and oxygen atoms in total. The maximum Gasteiger partial charge on any atom is 0.237 e. The molecular formula is C18H29N3O3S. The molecule has 1 aromatic rings. The highest BCUT2D eigenvalue weighted by Gasteiger charge is 2.30. The van der Waals surface area contributed by atoms with Crippen LogP contribution in [0, 0.1) is 0 Å². The van der Waals surface area contributed by atoms with Crippen LogP contribution in [0.3, 0.4) is 0 Å². The van der Waals surface area contributed by atoms with Gasteiger partial charge in [-0.1, -0.05) is 43.7 Å². The second kappa shape index (κ2) is 9.31. The van der Waals surface area contributed by atoms with Crippen molar-refractivity contribution in [1.82, 2.24) is 14.5 Å². The van der Waals surface area contributed by atoms with Gasteiger partial charge in [0, 0.05) is 32.7 Å². The molecular weight excluding hydrogens is 338 g/mol. The van der Waals surface area contributed by atoms with Gasteiger partial charge in [0.25, 0.3) is 0 Å². The second-order valence-corrected chi connectivity index (χ2v) is 8.47. The molecule has 0 spiro atoms. The first kappa shape index (κ1) is 19.9. The number of rotatable bonds is 8. The molecule has 25 heavy (non-hydrogen) atoms. The summed E-state index contributed by atoms with van der Waals surface area (Å²) in [7, 11) is -3.32. The highest BCUT2D eigenvalue weighted by molar-refractivity contribution is 7.88. The lowest BCUT2D eigenvalue weighted by Crippen LogP contribution is -2.55. The van der Waals surface area contributed by atoms with Crippen molar-refractivity contribution in [3.63, 3.8) is 0 Å². The number of nitrogens with zero attached hydrogens (tertiary/aromatic N) is 2. The number of hydrogen-bond acceptors (Lipinski definition) is 4. The summed E-state index contributed by atoms with van der Waals surface area (Å²) in [5, 5.41) is 2.94. The second-order valence-electron chi connectivity index (χ2n) is 6.50. The monoisotopic (exact) mass is 367 g/mol. The zero-order valence-electron chi connectivity index (χ0n) is 15.1. The maximum absolute atomic E-state index is 12.6. The predicted octanol–water partition coefficient (Wildman–Crippen LogP) is 1.44. The average Bonchev–Trinajstić information content (AvgIpc) is 2.62. The Balaban J connectivity index is 1.85. The highest BCUT2D eigenvalue weighted by Crippen LogP contribution is 2.15. The normalized spacial score (nSPS) is 18.0. The third kappa shape index (κ3) is 5.80. The van der Waals surface area contributed by atoms with E-state index >= 15 is 0 Å². The summed E-state index contributed by atoms with van der Waals surface area (Å²) < 4.78 is 26.7. The molecule has 1 amide bonds. The van der Waals surface area contributed by atoms with Gasteiger partial charge in [-0.15, -0.1) is 0 Å². The minimum absolute atomic E-state index is 0.0223. The van der Waals surface area contributed by atoms with Crippen molar-refractivity contribution in [2.45, 2.75) is 38.5 Å². The van der Waals surface area contributed by atoms with Crippen molar-refractivity contribution in [2.75, 3.05) is 32.7 Å². The number of nitrogens with one attached hydrogen (secondary N) is 1. The Morgan fingerprint density at radius 1 is 1.16 bits per heavy atom. The molecule has 0 radical (unpaired) electrons. The summed E-state index contributed by atoms with van der Waals surface area (Å²) in [5.74, 6) is 0.0509. The van der Waals surface area contributed by atoms with E-state index in [2.05, 4.69) is 17.1 Å². The van der Waals surface area contributed by atoms with Crippen LogP contribution in [0.1, 0.15) is 32.3 Å². The summed E-state index contributed by atoms with van der Waals surface area (Å²) in [6, 6.07) is 9.01. The zero-order chi connectivity index (χ0) is 18.3. The standard InChI is InChI=1S/C18H29N3O3S/c1-3-4-10-19-18(22)16(2)20-11-13-21(14-12-20)25(23,24)15-17-8-6-5-7-9-17/h5-9,16H,3-4,10-15H2,1-2H3,(H,19,22). The maximum atomic E-state index is 12.6. The number of sulfonamides is 1. The van der Waals surface area contributed by atoms with Crippen LogP contribution in [-0.2, 0) is 20.6 Å². The lowest BCUT2D eigenvalue weighted by Gasteiger charge is -2.36. The van der Waals surface area contributed by atoms with E-state index in [9.17, 15) is 13.2 Å². The Bertz CT molecular complexity index is 641. The molecule has 1 aliphatic heterocycles. The molecule has 140 valence electrons. The van der Waals surface area contributed by atoms with Gasteiger partial charge < -0.3 is 5.32 Å². The Morgan fingerprint density at radius 2 is 1.80 bits per heavy atom. The highest BCUT2D eigenvalue weighted by atomic mass is 32.2. The third-order valence-corrected chi connectivity index (χ3v) is 6.47. The molecule has 7 heteroatoms. The molecule has 0 aliphatic carbocycles. The van der Waals surface area contributed by atoms with Gasteiger partial charge in [-0.3, -0.25) is 9.69 Å². The van der Waals surface area contributed by atoms with Crippen LogP contribution in [0.25, 0.3) is 0 Å². The van der Waals surface area contributed by atoms with E-state index in [1.54, 1.807) is 0 Å². The first-order chi connectivity index (χ1) is 11.9. The van der Waals surface area contributed by atoms with E-state index in [-0.39, 0.29) is 17.7 Å². The number of piperazine rings is 1. The third-order valence-electron chi connectivity index (χ3n) is 4.62. The van der Waals surface area contributed by atoms with Crippen molar-refractivity contribution >= 4 is 15.9 Å². The van der Waals surface area contributed by atoms with E-state index in [1.807, 2.05) is 37.3 Å². The van der Waals surface area contributed by atoms with Gasteiger partial charge in [0.2, 0.25) is 15.9 Å². The van der Waals surface area contributed by atoms with Crippen LogP contribution >= 0.6 is 0 Å². The number of unbranched alkanes of at least 4 members (excludes halogenated alkanes) is 1. The number of benzene rings is 1. The quantitative estimate of drug-likeness (QED) is 0.706. The summed E-state index contributed by atoms with van der Waals surface area (Å²) in [5.41, 5.74) is 0.800. The van der Waals surface area contributed by atoms with Gasteiger partial charge >= 0.3 is 0 Å². The van der Waals surface area contributed by atoms with E-state index in [0.29, 0.717) is 32.7 Å². The summed E-state index contributed by atoms with van der Waals surface area (Å²) in [6.07, 6.45) is 2.02. The lowest BCUT2D eigenvalue weighted by molar-refractivity contribution is -0.126. The van der Waals surface area contributed by atoms with Gasteiger partial charge in [0.1, 0.15) is 0 Å². The number of hydrogen-bond donors (Lipinski definition) is 1. The first-order valence-electron chi connectivity index (χ1n) is 8.97. The Hall–Kier alpha value is -1.44. The molecule has 1 fully saturated rings. The molecule has 2 rings (SSSR count). The van der Waals surface area contributed by atoms with Crippen molar-refractivity contribution in [2.24, 2.45) is 0 Å². The molecule has 1 aliphatic rings. The topological polar surface area (TPSA) is 69.7 Å². The molecule has 1 N–H and O–H groups in total. The lowest BCUT2D eigenvalue weighted by atomic mass is 10.2. The van der Waals surface area contributed by atoms with Crippen molar-refractivity contribution < 1.29 is 13.2 Å². The average molecular weight is 368 g/mol. The molecule has 1 heterocycles. The number of carbonyl (C=O) groups excluding carboxylic acids is 1. The van der Waals surface area contributed by atoms with Gasteiger partial charge in [-0.05, 0) is 18.9 Å². The summed E-state index contributed by atoms with van der Waals surface area (Å²) in [4.78, 5) is 14.2. The molecule has 1 unspecified atom stereocenters. The van der Waals surface area contributed by atoms with E-state index in [0.717, 1.165) is 18.4 Å². The molecule has 0 aromatic heterocycles. The van der Waals surface area contributed by atoms with Crippen molar-refractivity contribution in [1.29, 1.82) is 0 Å². The summed E-state index contributed by atoms with van der Waals surface area (Å²) >= 11 is 0. The van der Waals surface area contributed by atoms with E-state index in [4.69, 9.17) is 0 Å². The van der Waals surface area contributed by atoms with Crippen LogP contribution in [0.5, 0.6) is 0 Å². The molecule has 1 aromatic carbocycles. The van der Waals surface area contributed by atoms with Crippen molar-refractivity contribution in [3.8, 4) is 0 Å². The van der Waals surface area contributed by atoms with Crippen LogP contribution in [-0.4, -0.2) is 62.3 Å². The fourth-order valence-corrected chi connectivity index (χ4v) is 4.46. The van der Waals surface area contributed by atoms with Gasteiger partial charge in [-0.2, -0.15) is 4.31 Å². The first-order valence-corrected chi connectivity index (χ1v) is 10.6. The molecule has 1 saturated heterocycles. The predicted molar refractivity (Wildman–Crippen MR) is 99.6 cm³/mol. The smallest absolute Gasteiger partial charge is 0.237 e. The fourth-order valence-electron chi connectivity index (χ4n) is 2.95. The Kier molecular flexibility index (Phi) is 7.40. The van der Waals surface area contributed by atoms with Gasteiger partial charge in [-0.25, -0.2) is 8.42 Å². The van der Waals surface area contributed by atoms with Gasteiger partial charge in [0.05, 0.1) is 11.8 Å². The Labute approximate surface area is 151 Å². The number of carbonyl (C=O) groups is 1. The Morgan fingerprint density at radius 3 is 2.40 bits per heavy atom. The zero-order valence-corrected chi connectivity index (χ0v) is 16.0. The molecule has 0 bridgehead atoms. The molecule has 0 saturated carbocycles. The van der Waals surface area contributed by atoms with Crippen LogP contribution in [0.15, 0.2) is 30.3 Å². The minimum atomic E-state index is -3.32. The van der Waals surface area contributed by atoms with Crippen LogP contribution in [0.4, 0.5) is 0 Å². The fraction of sp³-hybridized carbons (Fsp3) is 0.611. The van der Waals surface area contributed by atoms with Crippen LogP contribution < -0.4 is 5.32 Å². The van der Waals surface area contributed by atoms with E-state index in [1.165, 1.54) is 4.31 Å². The minimum Gasteiger partial charge on any atom is -0.355 e.